The number of non-ortho nitro benzene ring substituents is 1. The Hall–Kier alpha value is -2.00. The maximum absolute atomic E-state index is 11.5. The maximum Gasteiger partial charge on any atom is 0.296 e. The van der Waals surface area contributed by atoms with Gasteiger partial charge in [-0.2, -0.15) is 0 Å². The average molecular weight is 312 g/mol. The van der Waals surface area contributed by atoms with Crippen LogP contribution in [0.15, 0.2) is 17.0 Å². The number of hydrogen-bond acceptors (Lipinski definition) is 5. The highest BCUT2D eigenvalue weighted by molar-refractivity contribution is 7.89. The normalized spacial score (nSPS) is 12.0. The van der Waals surface area contributed by atoms with Crippen LogP contribution in [0.3, 0.4) is 0 Å². The fourth-order valence-corrected chi connectivity index (χ4v) is 2.86. The minimum absolute atomic E-state index is 0.276. The highest BCUT2D eigenvalue weighted by Gasteiger charge is 2.24. The second kappa shape index (κ2) is 5.41. The molecular formula is C12H16N4O4S. The van der Waals surface area contributed by atoms with Crippen LogP contribution in [0.25, 0.3) is 11.0 Å². The average Bonchev–Trinajstić information content (AvgIpc) is 2.75. The van der Waals surface area contributed by atoms with E-state index < -0.39 is 14.9 Å². The lowest BCUT2D eigenvalue weighted by atomic mass is 10.2. The van der Waals surface area contributed by atoms with Crippen LogP contribution in [0, 0.1) is 10.1 Å². The quantitative estimate of drug-likeness (QED) is 0.663. The van der Waals surface area contributed by atoms with Crippen molar-refractivity contribution >= 4 is 26.7 Å². The van der Waals surface area contributed by atoms with Gasteiger partial charge in [-0.1, -0.05) is 13.8 Å². The van der Waals surface area contributed by atoms with Gasteiger partial charge in [-0.15, -0.1) is 0 Å². The molecule has 0 aliphatic carbocycles. The van der Waals surface area contributed by atoms with Gasteiger partial charge in [-0.3, -0.25) is 10.1 Å². The summed E-state index contributed by atoms with van der Waals surface area (Å²) in [7, 11) is -4.03. The lowest BCUT2D eigenvalue weighted by Crippen LogP contribution is -2.12. The van der Waals surface area contributed by atoms with E-state index in [0.29, 0.717) is 24.3 Å². The van der Waals surface area contributed by atoms with Crippen molar-refractivity contribution < 1.29 is 13.3 Å². The van der Waals surface area contributed by atoms with Crippen molar-refractivity contribution in [3.8, 4) is 0 Å². The van der Waals surface area contributed by atoms with Gasteiger partial charge in [0, 0.05) is 19.0 Å². The number of imidazole rings is 1. The lowest BCUT2D eigenvalue weighted by molar-refractivity contribution is -0.383. The van der Waals surface area contributed by atoms with Gasteiger partial charge in [-0.05, 0) is 12.5 Å². The third-order valence-electron chi connectivity index (χ3n) is 3.16. The molecule has 0 bridgehead atoms. The zero-order chi connectivity index (χ0) is 15.8. The van der Waals surface area contributed by atoms with Crippen molar-refractivity contribution in [1.29, 1.82) is 0 Å². The predicted molar refractivity (Wildman–Crippen MR) is 77.4 cm³/mol. The summed E-state index contributed by atoms with van der Waals surface area (Å²) in [5.41, 5.74) is 0.321. The Morgan fingerprint density at radius 2 is 2.05 bits per heavy atom. The van der Waals surface area contributed by atoms with Crippen molar-refractivity contribution in [2.24, 2.45) is 5.14 Å². The van der Waals surface area contributed by atoms with Crippen molar-refractivity contribution in [1.82, 2.24) is 9.55 Å². The summed E-state index contributed by atoms with van der Waals surface area (Å²) in [5, 5.41) is 16.3. The summed E-state index contributed by atoms with van der Waals surface area (Å²) in [6.07, 6.45) is 1.38. The molecule has 2 rings (SSSR count). The van der Waals surface area contributed by atoms with Crippen LogP contribution < -0.4 is 5.14 Å². The largest absolute Gasteiger partial charge is 0.322 e. The van der Waals surface area contributed by atoms with E-state index in [9.17, 15) is 18.5 Å². The van der Waals surface area contributed by atoms with E-state index in [1.165, 1.54) is 6.07 Å². The van der Waals surface area contributed by atoms with E-state index in [-0.39, 0.29) is 16.1 Å². The Kier molecular flexibility index (Phi) is 3.97. The van der Waals surface area contributed by atoms with Gasteiger partial charge in [0.15, 0.2) is 0 Å². The summed E-state index contributed by atoms with van der Waals surface area (Å²) in [6, 6.07) is 2.27. The summed E-state index contributed by atoms with van der Waals surface area (Å²) in [5.74, 6) is 0.682. The first kappa shape index (κ1) is 15.4. The SMILES string of the molecule is CCCn1c(CC)nc2cc(S(N)(=O)=O)cc([N+](=O)[O-])c21. The molecule has 1 aromatic heterocycles. The molecule has 0 atom stereocenters. The van der Waals surface area contributed by atoms with E-state index in [1.807, 2.05) is 13.8 Å². The first-order valence-corrected chi connectivity index (χ1v) is 8.04. The number of sulfonamides is 1. The molecule has 0 fully saturated rings. The molecule has 0 spiro atoms. The van der Waals surface area contributed by atoms with Crippen LogP contribution in [0.5, 0.6) is 0 Å². The van der Waals surface area contributed by atoms with Crippen LogP contribution >= 0.6 is 0 Å². The molecule has 1 heterocycles. The molecule has 1 aromatic carbocycles. The second-order valence-electron chi connectivity index (χ2n) is 4.65. The third-order valence-corrected chi connectivity index (χ3v) is 4.06. The van der Waals surface area contributed by atoms with Crippen molar-refractivity contribution in [3.63, 3.8) is 0 Å². The summed E-state index contributed by atoms with van der Waals surface area (Å²) < 4.78 is 24.7. The van der Waals surface area contributed by atoms with Crippen LogP contribution in [0.1, 0.15) is 26.1 Å². The number of nitrogens with zero attached hydrogens (tertiary/aromatic N) is 3. The Labute approximate surface area is 121 Å². The highest BCUT2D eigenvalue weighted by atomic mass is 32.2. The van der Waals surface area contributed by atoms with Gasteiger partial charge >= 0.3 is 0 Å². The van der Waals surface area contributed by atoms with E-state index in [4.69, 9.17) is 5.14 Å². The third kappa shape index (κ3) is 2.74. The fourth-order valence-electron chi connectivity index (χ4n) is 2.31. The molecular weight excluding hydrogens is 296 g/mol. The number of benzene rings is 1. The standard InChI is InChI=1S/C12H16N4O4S/c1-3-5-15-11(4-2)14-9-6-8(21(13,19)20)7-10(12(9)15)16(17)18/h6-7H,3-5H2,1-2H3,(H2,13,19,20). The number of aromatic nitrogens is 2. The zero-order valence-electron chi connectivity index (χ0n) is 11.7. The first-order valence-electron chi connectivity index (χ1n) is 6.50. The van der Waals surface area contributed by atoms with Crippen molar-refractivity contribution in [3.05, 3.63) is 28.1 Å². The summed E-state index contributed by atoms with van der Waals surface area (Å²) in [4.78, 5) is 14.7. The molecule has 0 amide bonds. The molecule has 0 unspecified atom stereocenters. The maximum atomic E-state index is 11.5. The summed E-state index contributed by atoms with van der Waals surface area (Å²) >= 11 is 0. The van der Waals surface area contributed by atoms with E-state index in [1.54, 1.807) is 4.57 Å². The predicted octanol–water partition coefficient (Wildman–Crippen LogP) is 1.56. The van der Waals surface area contributed by atoms with Gasteiger partial charge in [0.05, 0.1) is 15.3 Å². The number of aryl methyl sites for hydroxylation is 2. The molecule has 0 saturated heterocycles. The second-order valence-corrected chi connectivity index (χ2v) is 6.21. The minimum atomic E-state index is -4.03. The molecule has 0 aliphatic heterocycles. The van der Waals surface area contributed by atoms with Gasteiger partial charge in [0.2, 0.25) is 10.0 Å². The van der Waals surface area contributed by atoms with Gasteiger partial charge < -0.3 is 4.57 Å². The molecule has 114 valence electrons. The minimum Gasteiger partial charge on any atom is -0.322 e. The van der Waals surface area contributed by atoms with E-state index in [0.717, 1.165) is 12.5 Å². The highest BCUT2D eigenvalue weighted by Crippen LogP contribution is 2.30. The number of hydrogen-bond donors (Lipinski definition) is 1. The van der Waals surface area contributed by atoms with E-state index >= 15 is 0 Å². The van der Waals surface area contributed by atoms with Crippen LogP contribution in [0.2, 0.25) is 0 Å². The Bertz CT molecular complexity index is 810. The number of primary sulfonamides is 1. The number of nitrogens with two attached hydrogens (primary N) is 1. The zero-order valence-corrected chi connectivity index (χ0v) is 12.6. The summed E-state index contributed by atoms with van der Waals surface area (Å²) in [6.45, 7) is 4.42. The first-order chi connectivity index (χ1) is 9.79. The smallest absolute Gasteiger partial charge is 0.296 e. The monoisotopic (exact) mass is 312 g/mol. The van der Waals surface area contributed by atoms with E-state index in [2.05, 4.69) is 4.98 Å². The van der Waals surface area contributed by atoms with Crippen LogP contribution in [-0.2, 0) is 23.0 Å². The van der Waals surface area contributed by atoms with Crippen molar-refractivity contribution in [2.45, 2.75) is 38.1 Å². The lowest BCUT2D eigenvalue weighted by Gasteiger charge is -2.06. The van der Waals surface area contributed by atoms with Crippen molar-refractivity contribution in [2.75, 3.05) is 0 Å². The van der Waals surface area contributed by atoms with Gasteiger partial charge in [-0.25, -0.2) is 18.5 Å². The Morgan fingerprint density at radius 3 is 2.52 bits per heavy atom. The van der Waals surface area contributed by atoms with Gasteiger partial charge in [0.25, 0.3) is 5.69 Å². The topological polar surface area (TPSA) is 121 Å². The fraction of sp³-hybridized carbons (Fsp3) is 0.417. The number of rotatable bonds is 5. The molecule has 9 heteroatoms. The molecule has 0 aliphatic rings. The molecule has 8 nitrogen and oxygen atoms in total. The van der Waals surface area contributed by atoms with Crippen LogP contribution in [-0.4, -0.2) is 22.9 Å². The molecule has 21 heavy (non-hydrogen) atoms. The molecule has 0 radical (unpaired) electrons. The van der Waals surface area contributed by atoms with Gasteiger partial charge in [0.1, 0.15) is 11.3 Å². The van der Waals surface area contributed by atoms with Crippen LogP contribution in [0.4, 0.5) is 5.69 Å². The number of nitro groups is 1. The molecule has 2 N–H and O–H groups in total. The Morgan fingerprint density at radius 1 is 1.38 bits per heavy atom. The number of nitro benzene ring substituents is 1. The molecule has 2 aromatic rings. The molecule has 0 saturated carbocycles. The number of fused-ring (bicyclic) bond motifs is 1. The Balaban J connectivity index is 2.90.